The van der Waals surface area contributed by atoms with Crippen molar-refractivity contribution in [2.45, 2.75) is 40.2 Å². The Labute approximate surface area is 114 Å². The molecule has 0 aliphatic rings. The summed E-state index contributed by atoms with van der Waals surface area (Å²) in [6.07, 6.45) is 0.679. The standard InChI is InChI=1S/C13H26N2O4/c1-9(2)7-11(12(16)17)8-15-13(18)14-5-6-19-10(3)4/h9-11H,5-8H2,1-4H3,(H,16,17)(H2,14,15,18). The summed E-state index contributed by atoms with van der Waals surface area (Å²) in [5.74, 6) is -1.14. The molecule has 0 aliphatic heterocycles. The first-order valence-corrected chi connectivity index (χ1v) is 6.69. The Hall–Kier alpha value is -1.30. The second kappa shape index (κ2) is 9.61. The Balaban J connectivity index is 3.83. The van der Waals surface area contributed by atoms with E-state index in [1.807, 2.05) is 27.7 Å². The van der Waals surface area contributed by atoms with E-state index in [0.717, 1.165) is 0 Å². The van der Waals surface area contributed by atoms with Crippen LogP contribution >= 0.6 is 0 Å². The fraction of sp³-hybridized carbons (Fsp3) is 0.846. The number of carboxylic acids is 1. The highest BCUT2D eigenvalue weighted by molar-refractivity contribution is 5.75. The number of hydrogen-bond acceptors (Lipinski definition) is 3. The largest absolute Gasteiger partial charge is 0.481 e. The number of nitrogens with one attached hydrogen (secondary N) is 2. The van der Waals surface area contributed by atoms with Crippen molar-refractivity contribution in [2.24, 2.45) is 11.8 Å². The van der Waals surface area contributed by atoms with Gasteiger partial charge in [0.1, 0.15) is 0 Å². The van der Waals surface area contributed by atoms with Crippen molar-refractivity contribution >= 4 is 12.0 Å². The second-order valence-corrected chi connectivity index (χ2v) is 5.22. The topological polar surface area (TPSA) is 87.7 Å². The SMILES string of the molecule is CC(C)CC(CNC(=O)NCCOC(C)C)C(=O)O. The molecule has 0 fully saturated rings. The van der Waals surface area contributed by atoms with E-state index >= 15 is 0 Å². The number of rotatable bonds is 9. The molecule has 1 unspecified atom stereocenters. The van der Waals surface area contributed by atoms with Crippen LogP contribution in [0.5, 0.6) is 0 Å². The van der Waals surface area contributed by atoms with E-state index in [0.29, 0.717) is 19.6 Å². The lowest BCUT2D eigenvalue weighted by molar-refractivity contribution is -0.142. The van der Waals surface area contributed by atoms with Crippen molar-refractivity contribution in [3.8, 4) is 0 Å². The average Bonchev–Trinajstić information content (AvgIpc) is 2.29. The molecule has 0 radical (unpaired) electrons. The van der Waals surface area contributed by atoms with Crippen LogP contribution in [0.3, 0.4) is 0 Å². The Bertz CT molecular complexity index is 280. The van der Waals surface area contributed by atoms with E-state index in [2.05, 4.69) is 10.6 Å². The molecule has 6 nitrogen and oxygen atoms in total. The highest BCUT2D eigenvalue weighted by atomic mass is 16.5. The maximum absolute atomic E-state index is 11.4. The van der Waals surface area contributed by atoms with Crippen LogP contribution in [-0.2, 0) is 9.53 Å². The molecule has 0 bridgehead atoms. The average molecular weight is 274 g/mol. The third kappa shape index (κ3) is 10.3. The number of carbonyl (C=O) groups is 2. The van der Waals surface area contributed by atoms with Crippen molar-refractivity contribution < 1.29 is 19.4 Å². The summed E-state index contributed by atoms with van der Waals surface area (Å²) in [5.41, 5.74) is 0. The highest BCUT2D eigenvalue weighted by Crippen LogP contribution is 2.10. The second-order valence-electron chi connectivity index (χ2n) is 5.22. The van der Waals surface area contributed by atoms with Gasteiger partial charge in [-0.25, -0.2) is 4.79 Å². The van der Waals surface area contributed by atoms with Gasteiger partial charge >= 0.3 is 12.0 Å². The van der Waals surface area contributed by atoms with E-state index in [4.69, 9.17) is 9.84 Å². The molecule has 112 valence electrons. The predicted molar refractivity (Wildman–Crippen MR) is 73.1 cm³/mol. The number of carbonyl (C=O) groups excluding carboxylic acids is 1. The molecule has 19 heavy (non-hydrogen) atoms. The van der Waals surface area contributed by atoms with Gasteiger partial charge in [-0.3, -0.25) is 4.79 Å². The van der Waals surface area contributed by atoms with Gasteiger partial charge in [-0.1, -0.05) is 13.8 Å². The van der Waals surface area contributed by atoms with E-state index in [-0.39, 0.29) is 24.6 Å². The Morgan fingerprint density at radius 3 is 2.26 bits per heavy atom. The van der Waals surface area contributed by atoms with Gasteiger partial charge in [-0.2, -0.15) is 0 Å². The third-order valence-corrected chi connectivity index (χ3v) is 2.45. The first kappa shape index (κ1) is 17.7. The van der Waals surface area contributed by atoms with Gasteiger partial charge in [0.2, 0.25) is 0 Å². The quantitative estimate of drug-likeness (QED) is 0.555. The molecule has 0 heterocycles. The lowest BCUT2D eigenvalue weighted by Crippen LogP contribution is -2.41. The van der Waals surface area contributed by atoms with E-state index in [1.54, 1.807) is 0 Å². The zero-order chi connectivity index (χ0) is 14.8. The summed E-state index contributed by atoms with van der Waals surface area (Å²) >= 11 is 0. The van der Waals surface area contributed by atoms with Crippen molar-refractivity contribution in [3.05, 3.63) is 0 Å². The van der Waals surface area contributed by atoms with Crippen LogP contribution in [0.4, 0.5) is 4.79 Å². The smallest absolute Gasteiger partial charge is 0.314 e. The third-order valence-electron chi connectivity index (χ3n) is 2.45. The fourth-order valence-electron chi connectivity index (χ4n) is 1.58. The van der Waals surface area contributed by atoms with Crippen LogP contribution < -0.4 is 10.6 Å². The molecule has 0 spiro atoms. The summed E-state index contributed by atoms with van der Waals surface area (Å²) in [4.78, 5) is 22.4. The summed E-state index contributed by atoms with van der Waals surface area (Å²) in [5, 5.41) is 14.2. The van der Waals surface area contributed by atoms with E-state index in [9.17, 15) is 9.59 Å². The lowest BCUT2D eigenvalue weighted by Gasteiger charge is -2.16. The van der Waals surface area contributed by atoms with Crippen LogP contribution in [0.15, 0.2) is 0 Å². The molecule has 1 atom stereocenters. The minimum Gasteiger partial charge on any atom is -0.481 e. The van der Waals surface area contributed by atoms with Crippen molar-refractivity contribution in [1.29, 1.82) is 0 Å². The van der Waals surface area contributed by atoms with Crippen molar-refractivity contribution in [1.82, 2.24) is 10.6 Å². The van der Waals surface area contributed by atoms with Crippen molar-refractivity contribution in [3.63, 3.8) is 0 Å². The van der Waals surface area contributed by atoms with Gasteiger partial charge in [0, 0.05) is 13.1 Å². The summed E-state index contributed by atoms with van der Waals surface area (Å²) in [7, 11) is 0. The Kier molecular flexibility index (Phi) is 8.95. The monoisotopic (exact) mass is 274 g/mol. The van der Waals surface area contributed by atoms with E-state index in [1.165, 1.54) is 0 Å². The minimum atomic E-state index is -0.878. The van der Waals surface area contributed by atoms with Crippen LogP contribution in [0.1, 0.15) is 34.1 Å². The molecular weight excluding hydrogens is 248 g/mol. The molecule has 0 aliphatic carbocycles. The van der Waals surface area contributed by atoms with Gasteiger partial charge in [-0.05, 0) is 26.2 Å². The van der Waals surface area contributed by atoms with Crippen molar-refractivity contribution in [2.75, 3.05) is 19.7 Å². The van der Waals surface area contributed by atoms with E-state index < -0.39 is 11.9 Å². The van der Waals surface area contributed by atoms with Gasteiger partial charge in [0.25, 0.3) is 0 Å². The molecular formula is C13H26N2O4. The minimum absolute atomic E-state index is 0.132. The zero-order valence-corrected chi connectivity index (χ0v) is 12.2. The first-order chi connectivity index (χ1) is 8.82. The molecule has 2 amide bonds. The summed E-state index contributed by atoms with van der Waals surface area (Å²) in [6.45, 7) is 8.75. The number of carboxylic acid groups (broad SMARTS) is 1. The number of hydrogen-bond donors (Lipinski definition) is 3. The summed E-state index contributed by atoms with van der Waals surface area (Å²) < 4.78 is 5.27. The maximum atomic E-state index is 11.4. The van der Waals surface area contributed by atoms with Gasteiger partial charge in [0.05, 0.1) is 18.6 Å². The number of urea groups is 1. The molecule has 3 N–H and O–H groups in total. The molecule has 0 saturated carbocycles. The van der Waals surface area contributed by atoms with Crippen LogP contribution in [0, 0.1) is 11.8 Å². The maximum Gasteiger partial charge on any atom is 0.314 e. The first-order valence-electron chi connectivity index (χ1n) is 6.69. The fourth-order valence-corrected chi connectivity index (χ4v) is 1.58. The van der Waals surface area contributed by atoms with Gasteiger partial charge < -0.3 is 20.5 Å². The molecule has 0 aromatic carbocycles. The number of amides is 2. The molecule has 0 saturated heterocycles. The Morgan fingerprint density at radius 2 is 1.79 bits per heavy atom. The highest BCUT2D eigenvalue weighted by Gasteiger charge is 2.19. The molecule has 0 aromatic heterocycles. The molecule has 0 rings (SSSR count). The number of ether oxygens (including phenoxy) is 1. The van der Waals surface area contributed by atoms with Gasteiger partial charge in [0.15, 0.2) is 0 Å². The Morgan fingerprint density at radius 1 is 1.16 bits per heavy atom. The van der Waals surface area contributed by atoms with Crippen LogP contribution in [-0.4, -0.2) is 42.9 Å². The van der Waals surface area contributed by atoms with Crippen LogP contribution in [0.25, 0.3) is 0 Å². The normalized spacial score (nSPS) is 12.5. The van der Waals surface area contributed by atoms with Crippen LogP contribution in [0.2, 0.25) is 0 Å². The molecule has 6 heteroatoms. The zero-order valence-electron chi connectivity index (χ0n) is 12.2. The lowest BCUT2D eigenvalue weighted by atomic mass is 9.97. The summed E-state index contributed by atoms with van der Waals surface area (Å²) in [6, 6.07) is -0.359. The number of aliphatic carboxylic acids is 1. The van der Waals surface area contributed by atoms with Gasteiger partial charge in [-0.15, -0.1) is 0 Å². The molecule has 0 aromatic rings. The predicted octanol–water partition coefficient (Wildman–Crippen LogP) is 1.46.